The second-order valence-electron chi connectivity index (χ2n) is 7.12. The van der Waals surface area contributed by atoms with Crippen molar-refractivity contribution in [3.63, 3.8) is 0 Å². The van der Waals surface area contributed by atoms with E-state index < -0.39 is 5.91 Å². The van der Waals surface area contributed by atoms with Crippen LogP contribution in [0.4, 0.5) is 5.69 Å². The minimum absolute atomic E-state index is 0.0179. The number of amides is 1. The molecule has 156 valence electrons. The van der Waals surface area contributed by atoms with Gasteiger partial charge in [0.05, 0.1) is 7.11 Å². The van der Waals surface area contributed by atoms with Crippen molar-refractivity contribution in [1.82, 2.24) is 0 Å². The minimum atomic E-state index is -0.471. The highest BCUT2D eigenvalue weighted by molar-refractivity contribution is 6.10. The molecule has 0 unspecified atom stereocenters. The summed E-state index contributed by atoms with van der Waals surface area (Å²) in [4.78, 5) is 12.8. The lowest BCUT2D eigenvalue weighted by molar-refractivity contribution is -0.112. The quantitative estimate of drug-likeness (QED) is 0.414. The van der Waals surface area contributed by atoms with E-state index >= 15 is 0 Å². The van der Waals surface area contributed by atoms with Crippen LogP contribution < -0.4 is 14.8 Å². The summed E-state index contributed by atoms with van der Waals surface area (Å²) in [6, 6.07) is 22.8. The topological polar surface area (TPSA) is 71.3 Å². The molecule has 5 heteroatoms. The zero-order valence-corrected chi connectivity index (χ0v) is 17.8. The fourth-order valence-electron chi connectivity index (χ4n) is 2.99. The summed E-state index contributed by atoms with van der Waals surface area (Å²) >= 11 is 0. The Hall–Kier alpha value is -4.04. The zero-order valence-electron chi connectivity index (χ0n) is 17.8. The third-order valence-corrected chi connectivity index (χ3v) is 4.76. The highest BCUT2D eigenvalue weighted by atomic mass is 16.5. The number of nitrogens with zero attached hydrogens (tertiary/aromatic N) is 1. The molecule has 0 radical (unpaired) electrons. The van der Waals surface area contributed by atoms with E-state index in [0.717, 1.165) is 16.7 Å². The number of anilines is 1. The predicted molar refractivity (Wildman–Crippen MR) is 122 cm³/mol. The van der Waals surface area contributed by atoms with Gasteiger partial charge in [0.1, 0.15) is 29.7 Å². The Balaban J connectivity index is 1.87. The third-order valence-electron chi connectivity index (χ3n) is 4.76. The van der Waals surface area contributed by atoms with Gasteiger partial charge >= 0.3 is 0 Å². The molecule has 0 heterocycles. The zero-order chi connectivity index (χ0) is 22.2. The lowest BCUT2D eigenvalue weighted by atomic mass is 10.1. The van der Waals surface area contributed by atoms with E-state index in [2.05, 4.69) is 5.32 Å². The van der Waals surface area contributed by atoms with Crippen LogP contribution in [-0.2, 0) is 11.4 Å². The number of ether oxygens (including phenoxy) is 2. The first kappa shape index (κ1) is 21.7. The van der Waals surface area contributed by atoms with E-state index in [9.17, 15) is 10.1 Å². The summed E-state index contributed by atoms with van der Waals surface area (Å²) in [5.41, 5.74) is 4.23. The molecule has 0 aliphatic heterocycles. The Morgan fingerprint density at radius 1 is 1.06 bits per heavy atom. The number of nitriles is 1. The number of nitrogens with one attached hydrogen (secondary N) is 1. The molecule has 3 aromatic carbocycles. The number of hydrogen-bond acceptors (Lipinski definition) is 4. The lowest BCUT2D eigenvalue weighted by Crippen LogP contribution is -2.14. The van der Waals surface area contributed by atoms with E-state index in [1.807, 2.05) is 68.4 Å². The van der Waals surface area contributed by atoms with E-state index in [1.54, 1.807) is 25.3 Å². The highest BCUT2D eigenvalue weighted by Gasteiger charge is 2.13. The van der Waals surface area contributed by atoms with Crippen LogP contribution in [0.15, 0.2) is 72.3 Å². The van der Waals surface area contributed by atoms with Crippen LogP contribution in [0.1, 0.15) is 22.3 Å². The summed E-state index contributed by atoms with van der Waals surface area (Å²) < 4.78 is 11.3. The van der Waals surface area contributed by atoms with Gasteiger partial charge in [-0.1, -0.05) is 42.5 Å². The van der Waals surface area contributed by atoms with Gasteiger partial charge in [-0.2, -0.15) is 5.26 Å². The molecule has 1 amide bonds. The Bertz CT molecular complexity index is 1150. The molecule has 0 aliphatic rings. The molecule has 0 aliphatic carbocycles. The molecule has 0 spiro atoms. The second-order valence-corrected chi connectivity index (χ2v) is 7.12. The van der Waals surface area contributed by atoms with Gasteiger partial charge in [0, 0.05) is 17.3 Å². The van der Waals surface area contributed by atoms with Gasteiger partial charge in [-0.3, -0.25) is 4.79 Å². The van der Waals surface area contributed by atoms with Gasteiger partial charge in [0.15, 0.2) is 0 Å². The molecule has 0 bridgehead atoms. The largest absolute Gasteiger partial charge is 0.497 e. The molecule has 3 rings (SSSR count). The molecule has 0 atom stereocenters. The van der Waals surface area contributed by atoms with E-state index in [0.29, 0.717) is 29.4 Å². The molecule has 0 saturated carbocycles. The van der Waals surface area contributed by atoms with E-state index in [4.69, 9.17) is 9.47 Å². The Labute approximate surface area is 182 Å². The van der Waals surface area contributed by atoms with Crippen molar-refractivity contribution in [3.05, 3.63) is 94.6 Å². The molecule has 0 aromatic heterocycles. The van der Waals surface area contributed by atoms with Gasteiger partial charge in [-0.25, -0.2) is 0 Å². The molecule has 1 N–H and O–H groups in total. The van der Waals surface area contributed by atoms with Crippen molar-refractivity contribution in [3.8, 4) is 17.6 Å². The maximum Gasteiger partial charge on any atom is 0.266 e. The maximum absolute atomic E-state index is 12.8. The first-order valence-electron chi connectivity index (χ1n) is 9.85. The van der Waals surface area contributed by atoms with E-state index in [-0.39, 0.29) is 5.57 Å². The SMILES string of the molecule is COc1ccc(/C=C(\C#N)C(=O)Nc2cc(C)ccc2C)c(OCc2ccccc2)c1. The van der Waals surface area contributed by atoms with Crippen molar-refractivity contribution in [2.75, 3.05) is 12.4 Å². The molecule has 0 saturated heterocycles. The molecule has 5 nitrogen and oxygen atoms in total. The fraction of sp³-hybridized carbons (Fsp3) is 0.154. The average Bonchev–Trinajstić information content (AvgIpc) is 2.79. The Kier molecular flexibility index (Phi) is 7.08. The van der Waals surface area contributed by atoms with Gasteiger partial charge in [0.25, 0.3) is 5.91 Å². The molecular weight excluding hydrogens is 388 g/mol. The number of benzene rings is 3. The minimum Gasteiger partial charge on any atom is -0.497 e. The summed E-state index contributed by atoms with van der Waals surface area (Å²) in [7, 11) is 1.57. The standard InChI is InChI=1S/C26H24N2O3/c1-18-9-10-19(2)24(13-18)28-26(29)22(16-27)14-21-11-12-23(30-3)15-25(21)31-17-20-7-5-4-6-8-20/h4-15H,17H2,1-3H3,(H,28,29)/b22-14+. The van der Waals surface area contributed by atoms with Crippen molar-refractivity contribution in [1.29, 1.82) is 5.26 Å². The number of methoxy groups -OCH3 is 1. The summed E-state index contributed by atoms with van der Waals surface area (Å²) in [6.07, 6.45) is 1.53. The van der Waals surface area contributed by atoms with Crippen LogP contribution >= 0.6 is 0 Å². The van der Waals surface area contributed by atoms with Crippen LogP contribution in [0, 0.1) is 25.2 Å². The van der Waals surface area contributed by atoms with E-state index in [1.165, 1.54) is 6.08 Å². The normalized spacial score (nSPS) is 10.8. The molecule has 31 heavy (non-hydrogen) atoms. The van der Waals surface area contributed by atoms with Gasteiger partial charge in [-0.05, 0) is 54.8 Å². The summed E-state index contributed by atoms with van der Waals surface area (Å²) in [5.74, 6) is 0.676. The molecule has 0 fully saturated rings. The maximum atomic E-state index is 12.8. The van der Waals surface area contributed by atoms with Crippen molar-refractivity contribution < 1.29 is 14.3 Å². The molecular formula is C26H24N2O3. The number of rotatable bonds is 7. The van der Waals surface area contributed by atoms with Gasteiger partial charge < -0.3 is 14.8 Å². The van der Waals surface area contributed by atoms with Crippen molar-refractivity contribution in [2.24, 2.45) is 0 Å². The second kappa shape index (κ2) is 10.1. The molecule has 3 aromatic rings. The first-order chi connectivity index (χ1) is 15.0. The van der Waals surface area contributed by atoms with Crippen LogP contribution in [0.25, 0.3) is 6.08 Å². The highest BCUT2D eigenvalue weighted by Crippen LogP contribution is 2.28. The smallest absolute Gasteiger partial charge is 0.266 e. The van der Waals surface area contributed by atoms with Crippen LogP contribution in [-0.4, -0.2) is 13.0 Å². The van der Waals surface area contributed by atoms with Crippen LogP contribution in [0.5, 0.6) is 11.5 Å². The Morgan fingerprint density at radius 3 is 2.55 bits per heavy atom. The number of carbonyl (C=O) groups excluding carboxylic acids is 1. The first-order valence-corrected chi connectivity index (χ1v) is 9.85. The van der Waals surface area contributed by atoms with Crippen LogP contribution in [0.2, 0.25) is 0 Å². The third kappa shape index (κ3) is 5.74. The monoisotopic (exact) mass is 412 g/mol. The number of aryl methyl sites for hydroxylation is 2. The number of carbonyl (C=O) groups is 1. The van der Waals surface area contributed by atoms with Gasteiger partial charge in [0.2, 0.25) is 0 Å². The summed E-state index contributed by atoms with van der Waals surface area (Å²) in [5, 5.41) is 12.4. The lowest BCUT2D eigenvalue weighted by Gasteiger charge is -2.12. The van der Waals surface area contributed by atoms with Crippen molar-refractivity contribution >= 4 is 17.7 Å². The van der Waals surface area contributed by atoms with Crippen molar-refractivity contribution in [2.45, 2.75) is 20.5 Å². The Morgan fingerprint density at radius 2 is 1.84 bits per heavy atom. The fourth-order valence-corrected chi connectivity index (χ4v) is 2.99. The van der Waals surface area contributed by atoms with Gasteiger partial charge in [-0.15, -0.1) is 0 Å². The summed E-state index contributed by atoms with van der Waals surface area (Å²) in [6.45, 7) is 4.21. The average molecular weight is 412 g/mol. The van der Waals surface area contributed by atoms with Crippen LogP contribution in [0.3, 0.4) is 0 Å². The number of hydrogen-bond donors (Lipinski definition) is 1. The predicted octanol–water partition coefficient (Wildman–Crippen LogP) is 5.44.